The van der Waals surface area contributed by atoms with Crippen LogP contribution >= 0.6 is 0 Å². The van der Waals surface area contributed by atoms with Gasteiger partial charge in [-0.3, -0.25) is 4.79 Å². The van der Waals surface area contributed by atoms with E-state index in [-0.39, 0.29) is 30.1 Å². The second-order valence-corrected chi connectivity index (χ2v) is 8.18. The van der Waals surface area contributed by atoms with Gasteiger partial charge in [0.1, 0.15) is 17.5 Å². The Morgan fingerprint density at radius 2 is 1.90 bits per heavy atom. The minimum Gasteiger partial charge on any atom is -0.444 e. The molecule has 0 aromatic heterocycles. The first-order chi connectivity index (χ1) is 13.7. The maximum absolute atomic E-state index is 14.7. The molecule has 29 heavy (non-hydrogen) atoms. The number of aryl methyl sites for hydroxylation is 1. The van der Waals surface area contributed by atoms with Crippen LogP contribution in [0.2, 0.25) is 0 Å². The Hall–Kier alpha value is -2.73. The number of halogens is 1. The number of Topliss-reactive ketones (excluding diaryl/α,β-unsaturated/α-hetero) is 1. The Labute approximate surface area is 170 Å². The SMILES string of the molecule is Cc1cccc(-c2c(F)cccc2C(=O)[C@H]2CN(C(=O)OC(C)(C)C)CCO2)c1. The Morgan fingerprint density at radius 3 is 2.59 bits per heavy atom. The molecule has 0 bridgehead atoms. The number of nitrogens with zero attached hydrogens (tertiary/aromatic N) is 1. The van der Waals surface area contributed by atoms with E-state index < -0.39 is 23.6 Å². The highest BCUT2D eigenvalue weighted by atomic mass is 19.1. The molecule has 0 radical (unpaired) electrons. The molecule has 0 aliphatic carbocycles. The third-order valence-electron chi connectivity index (χ3n) is 4.60. The molecule has 0 spiro atoms. The summed E-state index contributed by atoms with van der Waals surface area (Å²) in [5, 5.41) is 0. The van der Waals surface area contributed by atoms with Gasteiger partial charge in [0.05, 0.1) is 13.2 Å². The second-order valence-electron chi connectivity index (χ2n) is 8.18. The van der Waals surface area contributed by atoms with Crippen molar-refractivity contribution in [1.82, 2.24) is 4.90 Å². The maximum Gasteiger partial charge on any atom is 0.410 e. The lowest BCUT2D eigenvalue weighted by Crippen LogP contribution is -2.50. The molecular weight excluding hydrogens is 373 g/mol. The molecule has 1 aliphatic rings. The van der Waals surface area contributed by atoms with E-state index in [0.29, 0.717) is 12.1 Å². The van der Waals surface area contributed by atoms with Crippen molar-refractivity contribution in [3.8, 4) is 11.1 Å². The summed E-state index contributed by atoms with van der Waals surface area (Å²) >= 11 is 0. The van der Waals surface area contributed by atoms with E-state index >= 15 is 0 Å². The first-order valence-electron chi connectivity index (χ1n) is 9.65. The lowest BCUT2D eigenvalue weighted by atomic mass is 9.93. The number of rotatable bonds is 3. The highest BCUT2D eigenvalue weighted by molar-refractivity contribution is 6.05. The summed E-state index contributed by atoms with van der Waals surface area (Å²) in [5.41, 5.74) is 1.46. The smallest absolute Gasteiger partial charge is 0.410 e. The summed E-state index contributed by atoms with van der Waals surface area (Å²) in [6.45, 7) is 7.89. The third-order valence-corrected chi connectivity index (χ3v) is 4.60. The number of ketones is 1. The van der Waals surface area contributed by atoms with E-state index in [2.05, 4.69) is 0 Å². The average molecular weight is 399 g/mol. The van der Waals surface area contributed by atoms with Crippen LogP contribution in [0.15, 0.2) is 42.5 Å². The average Bonchev–Trinajstić information content (AvgIpc) is 2.66. The van der Waals surface area contributed by atoms with Crippen LogP contribution in [0.25, 0.3) is 11.1 Å². The molecule has 0 saturated carbocycles. The molecule has 2 aromatic carbocycles. The number of ether oxygens (including phenoxy) is 2. The van der Waals surface area contributed by atoms with E-state index in [4.69, 9.17) is 9.47 Å². The third kappa shape index (κ3) is 5.01. The number of morpholine rings is 1. The Morgan fingerprint density at radius 1 is 1.17 bits per heavy atom. The van der Waals surface area contributed by atoms with Gasteiger partial charge in [0.15, 0.2) is 5.78 Å². The van der Waals surface area contributed by atoms with Crippen LogP contribution in [-0.4, -0.2) is 48.2 Å². The Kier molecular flexibility index (Phi) is 6.03. The van der Waals surface area contributed by atoms with Crippen molar-refractivity contribution >= 4 is 11.9 Å². The zero-order valence-corrected chi connectivity index (χ0v) is 17.2. The van der Waals surface area contributed by atoms with Gasteiger partial charge in [-0.15, -0.1) is 0 Å². The fourth-order valence-electron chi connectivity index (χ4n) is 3.30. The van der Waals surface area contributed by atoms with Gasteiger partial charge in [0, 0.05) is 17.7 Å². The summed E-state index contributed by atoms with van der Waals surface area (Å²) in [6.07, 6.45) is -1.36. The molecule has 1 atom stereocenters. The predicted molar refractivity (Wildman–Crippen MR) is 108 cm³/mol. The molecule has 2 aromatic rings. The van der Waals surface area contributed by atoms with Crippen LogP contribution in [0.5, 0.6) is 0 Å². The second kappa shape index (κ2) is 8.33. The van der Waals surface area contributed by atoms with Crippen molar-refractivity contribution in [3.63, 3.8) is 0 Å². The fourth-order valence-corrected chi connectivity index (χ4v) is 3.30. The van der Waals surface area contributed by atoms with E-state index in [9.17, 15) is 14.0 Å². The van der Waals surface area contributed by atoms with Crippen LogP contribution in [0.1, 0.15) is 36.7 Å². The van der Waals surface area contributed by atoms with Gasteiger partial charge in [-0.05, 0) is 39.3 Å². The van der Waals surface area contributed by atoms with Gasteiger partial charge in [-0.1, -0.05) is 42.0 Å². The van der Waals surface area contributed by atoms with Crippen LogP contribution in [0, 0.1) is 12.7 Å². The lowest BCUT2D eigenvalue weighted by molar-refractivity contribution is -0.0321. The lowest BCUT2D eigenvalue weighted by Gasteiger charge is -2.33. The van der Waals surface area contributed by atoms with Gasteiger partial charge in [0.2, 0.25) is 0 Å². The number of amides is 1. The van der Waals surface area contributed by atoms with Crippen molar-refractivity contribution in [3.05, 3.63) is 59.4 Å². The Balaban J connectivity index is 1.87. The number of carbonyl (C=O) groups excluding carboxylic acids is 2. The molecule has 3 rings (SSSR count). The number of benzene rings is 2. The topological polar surface area (TPSA) is 55.8 Å². The standard InChI is InChI=1S/C23H26FNO4/c1-15-7-5-8-16(13-15)20-17(9-6-10-18(20)24)21(26)19-14-25(11-12-28-19)22(27)29-23(2,3)4/h5-10,13,19H,11-12,14H2,1-4H3/t19-/m1/s1. The summed E-state index contributed by atoms with van der Waals surface area (Å²) in [5.74, 6) is -0.824. The molecule has 1 heterocycles. The van der Waals surface area contributed by atoms with E-state index in [1.54, 1.807) is 32.9 Å². The summed E-state index contributed by atoms with van der Waals surface area (Å²) in [7, 11) is 0. The van der Waals surface area contributed by atoms with E-state index in [1.807, 2.05) is 25.1 Å². The molecule has 0 N–H and O–H groups in total. The molecule has 1 saturated heterocycles. The molecule has 1 amide bonds. The largest absolute Gasteiger partial charge is 0.444 e. The van der Waals surface area contributed by atoms with Gasteiger partial charge in [0.25, 0.3) is 0 Å². The zero-order valence-electron chi connectivity index (χ0n) is 17.2. The normalized spacial score (nSPS) is 17.1. The highest BCUT2D eigenvalue weighted by Crippen LogP contribution is 2.29. The van der Waals surface area contributed by atoms with Crippen LogP contribution in [0.4, 0.5) is 9.18 Å². The number of carbonyl (C=O) groups is 2. The van der Waals surface area contributed by atoms with Crippen molar-refractivity contribution in [2.45, 2.75) is 39.4 Å². The van der Waals surface area contributed by atoms with Crippen molar-refractivity contribution in [2.24, 2.45) is 0 Å². The summed E-state index contributed by atoms with van der Waals surface area (Å²) < 4.78 is 25.7. The summed E-state index contributed by atoms with van der Waals surface area (Å²) in [4.78, 5) is 27.1. The van der Waals surface area contributed by atoms with E-state index in [0.717, 1.165) is 5.56 Å². The predicted octanol–water partition coefficient (Wildman–Crippen LogP) is 4.62. The highest BCUT2D eigenvalue weighted by Gasteiger charge is 2.33. The molecule has 5 nitrogen and oxygen atoms in total. The number of hydrogen-bond acceptors (Lipinski definition) is 4. The first kappa shape index (κ1) is 21.0. The molecule has 1 aliphatic heterocycles. The number of hydrogen-bond donors (Lipinski definition) is 0. The zero-order chi connectivity index (χ0) is 21.2. The minimum atomic E-state index is -0.873. The first-order valence-corrected chi connectivity index (χ1v) is 9.65. The van der Waals surface area contributed by atoms with Gasteiger partial charge in [-0.2, -0.15) is 0 Å². The monoisotopic (exact) mass is 399 g/mol. The van der Waals surface area contributed by atoms with Gasteiger partial charge >= 0.3 is 6.09 Å². The van der Waals surface area contributed by atoms with E-state index in [1.165, 1.54) is 17.0 Å². The molecule has 1 fully saturated rings. The quantitative estimate of drug-likeness (QED) is 0.707. The van der Waals surface area contributed by atoms with Crippen molar-refractivity contribution < 1.29 is 23.5 Å². The van der Waals surface area contributed by atoms with Gasteiger partial charge in [-0.25, -0.2) is 9.18 Å². The maximum atomic E-state index is 14.7. The molecule has 6 heteroatoms. The van der Waals surface area contributed by atoms with Crippen LogP contribution in [-0.2, 0) is 9.47 Å². The minimum absolute atomic E-state index is 0.0670. The fraction of sp³-hybridized carbons (Fsp3) is 0.391. The van der Waals surface area contributed by atoms with Crippen molar-refractivity contribution in [1.29, 1.82) is 0 Å². The molecular formula is C23H26FNO4. The molecule has 0 unspecified atom stereocenters. The molecule has 154 valence electrons. The van der Waals surface area contributed by atoms with Crippen molar-refractivity contribution in [2.75, 3.05) is 19.7 Å². The van der Waals surface area contributed by atoms with Gasteiger partial charge < -0.3 is 14.4 Å². The van der Waals surface area contributed by atoms with Crippen LogP contribution < -0.4 is 0 Å². The Bertz CT molecular complexity index is 919. The van der Waals surface area contributed by atoms with Crippen LogP contribution in [0.3, 0.4) is 0 Å². The summed E-state index contributed by atoms with van der Waals surface area (Å²) in [6, 6.07) is 11.8.